The van der Waals surface area contributed by atoms with Crippen LogP contribution in [-0.2, 0) is 4.79 Å². The molecule has 0 aromatic rings. The Labute approximate surface area is 118 Å². The number of likely N-dealkylation sites (tertiary alicyclic amines) is 1. The molecule has 2 heterocycles. The number of piperidine rings is 1. The van der Waals surface area contributed by atoms with Gasteiger partial charge in [0.1, 0.15) is 5.54 Å². The summed E-state index contributed by atoms with van der Waals surface area (Å²) in [6, 6.07) is -0.451. The van der Waals surface area contributed by atoms with E-state index < -0.39 is 17.7 Å². The highest BCUT2D eigenvalue weighted by molar-refractivity contribution is 6.06. The Kier molecular flexibility index (Phi) is 4.31. The predicted molar refractivity (Wildman–Crippen MR) is 72.0 cm³/mol. The molecule has 0 saturated carbocycles. The molecular weight excluding hydrogens is 262 g/mol. The number of hydrogen-bond acceptors (Lipinski definition) is 5. The molecule has 7 heteroatoms. The molecule has 1 atom stereocenters. The molecule has 0 bridgehead atoms. The van der Waals surface area contributed by atoms with E-state index >= 15 is 0 Å². The second kappa shape index (κ2) is 5.67. The first-order chi connectivity index (χ1) is 9.29. The number of imide groups is 1. The van der Waals surface area contributed by atoms with Gasteiger partial charge in [0.15, 0.2) is 0 Å². The minimum absolute atomic E-state index is 0.00709. The van der Waals surface area contributed by atoms with Crippen LogP contribution in [0.4, 0.5) is 4.79 Å². The molecule has 3 N–H and O–H groups in total. The predicted octanol–water partition coefficient (Wildman–Crippen LogP) is -0.866. The zero-order chi connectivity index (χ0) is 14.9. The first kappa shape index (κ1) is 15.2. The summed E-state index contributed by atoms with van der Waals surface area (Å²) in [5.74, 6) is -0.310. The van der Waals surface area contributed by atoms with Crippen LogP contribution in [0.2, 0.25) is 0 Å². The highest BCUT2D eigenvalue weighted by Crippen LogP contribution is 2.17. The van der Waals surface area contributed by atoms with Crippen LogP contribution in [0.5, 0.6) is 0 Å². The van der Waals surface area contributed by atoms with Gasteiger partial charge in [-0.25, -0.2) is 4.79 Å². The Hall–Kier alpha value is -1.18. The molecule has 0 radical (unpaired) electrons. The van der Waals surface area contributed by atoms with E-state index in [1.54, 1.807) is 13.8 Å². The first-order valence-corrected chi connectivity index (χ1v) is 7.02. The maximum absolute atomic E-state index is 12.0. The van der Waals surface area contributed by atoms with E-state index in [4.69, 9.17) is 0 Å². The number of carbonyl (C=O) groups is 2. The molecule has 20 heavy (non-hydrogen) atoms. The molecule has 114 valence electrons. The number of β-amino-alcohol motifs (C(OH)–C–C–N with tert-alkyl or cyclic N) is 1. The van der Waals surface area contributed by atoms with Gasteiger partial charge in [0.2, 0.25) is 0 Å². The van der Waals surface area contributed by atoms with Gasteiger partial charge >= 0.3 is 6.03 Å². The van der Waals surface area contributed by atoms with Gasteiger partial charge in [-0.2, -0.15) is 0 Å². The summed E-state index contributed by atoms with van der Waals surface area (Å²) in [7, 11) is 0. The molecule has 2 fully saturated rings. The van der Waals surface area contributed by atoms with Crippen molar-refractivity contribution in [3.8, 4) is 0 Å². The zero-order valence-electron chi connectivity index (χ0n) is 12.0. The molecule has 1 unspecified atom stereocenters. The summed E-state index contributed by atoms with van der Waals surface area (Å²) in [5.41, 5.74) is -0.897. The van der Waals surface area contributed by atoms with E-state index in [2.05, 4.69) is 5.32 Å². The monoisotopic (exact) mass is 285 g/mol. The van der Waals surface area contributed by atoms with Crippen molar-refractivity contribution in [1.29, 1.82) is 0 Å². The van der Waals surface area contributed by atoms with E-state index in [1.807, 2.05) is 4.90 Å². The van der Waals surface area contributed by atoms with Crippen molar-refractivity contribution in [2.75, 3.05) is 26.2 Å². The van der Waals surface area contributed by atoms with Gasteiger partial charge in [0.05, 0.1) is 18.8 Å². The van der Waals surface area contributed by atoms with E-state index in [9.17, 15) is 19.8 Å². The number of rotatable bonds is 4. The van der Waals surface area contributed by atoms with Crippen molar-refractivity contribution >= 4 is 11.9 Å². The fourth-order valence-corrected chi connectivity index (χ4v) is 2.65. The summed E-state index contributed by atoms with van der Waals surface area (Å²) < 4.78 is 0. The highest BCUT2D eigenvalue weighted by atomic mass is 16.3. The van der Waals surface area contributed by atoms with Crippen molar-refractivity contribution in [1.82, 2.24) is 15.1 Å². The van der Waals surface area contributed by atoms with Gasteiger partial charge < -0.3 is 20.4 Å². The minimum Gasteiger partial charge on any atom is -0.393 e. The summed E-state index contributed by atoms with van der Waals surface area (Å²) in [5, 5.41) is 22.1. The number of urea groups is 1. The molecule has 0 spiro atoms. The summed E-state index contributed by atoms with van der Waals surface area (Å²) in [6.45, 7) is 5.16. The number of nitrogens with zero attached hydrogens (tertiary/aromatic N) is 2. The third kappa shape index (κ3) is 3.28. The zero-order valence-corrected chi connectivity index (χ0v) is 12.0. The lowest BCUT2D eigenvalue weighted by atomic mass is 10.1. The Morgan fingerprint density at radius 2 is 1.90 bits per heavy atom. The molecule has 0 aromatic heterocycles. The van der Waals surface area contributed by atoms with E-state index in [0.717, 1.165) is 18.0 Å². The standard InChI is InChI=1S/C13H23N3O4/c1-13(2)11(19)16(12(20)14-13)8-10(18)7-15-5-3-9(17)4-6-15/h9-10,17-18H,3-8H2,1-2H3,(H,14,20). The molecule has 0 aromatic carbocycles. The summed E-state index contributed by atoms with van der Waals surface area (Å²) in [6.07, 6.45) is 0.371. The van der Waals surface area contributed by atoms with Crippen molar-refractivity contribution in [3.05, 3.63) is 0 Å². The molecule has 0 aliphatic carbocycles. The number of carbonyl (C=O) groups excluding carboxylic acids is 2. The highest BCUT2D eigenvalue weighted by Gasteiger charge is 2.44. The van der Waals surface area contributed by atoms with Crippen LogP contribution in [0.15, 0.2) is 0 Å². The van der Waals surface area contributed by atoms with Crippen molar-refractivity contribution in [2.24, 2.45) is 0 Å². The number of aliphatic hydroxyl groups excluding tert-OH is 2. The van der Waals surface area contributed by atoms with Gasteiger partial charge in [0, 0.05) is 19.6 Å². The third-order valence-electron chi connectivity index (χ3n) is 3.86. The smallest absolute Gasteiger partial charge is 0.325 e. The average molecular weight is 285 g/mol. The van der Waals surface area contributed by atoms with Crippen molar-refractivity contribution < 1.29 is 19.8 Å². The molecule has 2 rings (SSSR count). The van der Waals surface area contributed by atoms with Crippen molar-refractivity contribution in [2.45, 2.75) is 44.4 Å². The van der Waals surface area contributed by atoms with Gasteiger partial charge in [-0.05, 0) is 26.7 Å². The van der Waals surface area contributed by atoms with Gasteiger partial charge in [-0.3, -0.25) is 9.69 Å². The Bertz CT molecular complexity index is 391. The second-order valence-electron chi connectivity index (χ2n) is 6.16. The average Bonchev–Trinajstić information content (AvgIpc) is 2.55. The molecular formula is C13H23N3O4. The van der Waals surface area contributed by atoms with Crippen LogP contribution < -0.4 is 5.32 Å². The van der Waals surface area contributed by atoms with Crippen LogP contribution >= 0.6 is 0 Å². The van der Waals surface area contributed by atoms with E-state index in [1.165, 1.54) is 0 Å². The number of aliphatic hydroxyl groups is 2. The largest absolute Gasteiger partial charge is 0.393 e. The lowest BCUT2D eigenvalue weighted by Crippen LogP contribution is -2.46. The van der Waals surface area contributed by atoms with Crippen LogP contribution in [-0.4, -0.2) is 75.9 Å². The SMILES string of the molecule is CC1(C)NC(=O)N(CC(O)CN2CCC(O)CC2)C1=O. The molecule has 7 nitrogen and oxygen atoms in total. The lowest BCUT2D eigenvalue weighted by Gasteiger charge is -2.31. The summed E-state index contributed by atoms with van der Waals surface area (Å²) >= 11 is 0. The van der Waals surface area contributed by atoms with Crippen LogP contribution in [0.1, 0.15) is 26.7 Å². The maximum atomic E-state index is 12.0. The topological polar surface area (TPSA) is 93.1 Å². The quantitative estimate of drug-likeness (QED) is 0.584. The van der Waals surface area contributed by atoms with Gasteiger partial charge in [-0.1, -0.05) is 0 Å². The van der Waals surface area contributed by atoms with Crippen molar-refractivity contribution in [3.63, 3.8) is 0 Å². The Balaban J connectivity index is 1.84. The Morgan fingerprint density at radius 1 is 1.30 bits per heavy atom. The van der Waals surface area contributed by atoms with Crippen LogP contribution in [0, 0.1) is 0 Å². The molecule has 2 aliphatic rings. The van der Waals surface area contributed by atoms with Gasteiger partial charge in [-0.15, -0.1) is 0 Å². The van der Waals surface area contributed by atoms with E-state index in [-0.39, 0.29) is 18.6 Å². The molecule has 2 aliphatic heterocycles. The van der Waals surface area contributed by atoms with E-state index in [0.29, 0.717) is 19.4 Å². The third-order valence-corrected chi connectivity index (χ3v) is 3.86. The van der Waals surface area contributed by atoms with Crippen LogP contribution in [0.3, 0.4) is 0 Å². The number of hydrogen-bond donors (Lipinski definition) is 3. The number of nitrogens with one attached hydrogen (secondary N) is 1. The Morgan fingerprint density at radius 3 is 2.40 bits per heavy atom. The minimum atomic E-state index is -0.897. The second-order valence-corrected chi connectivity index (χ2v) is 6.16. The number of amides is 3. The first-order valence-electron chi connectivity index (χ1n) is 7.02. The molecule has 3 amide bonds. The molecule has 2 saturated heterocycles. The lowest BCUT2D eigenvalue weighted by molar-refractivity contribution is -0.131. The fraction of sp³-hybridized carbons (Fsp3) is 0.846. The van der Waals surface area contributed by atoms with Crippen LogP contribution in [0.25, 0.3) is 0 Å². The fourth-order valence-electron chi connectivity index (χ4n) is 2.65. The summed E-state index contributed by atoms with van der Waals surface area (Å²) in [4.78, 5) is 26.8. The van der Waals surface area contributed by atoms with Gasteiger partial charge in [0.25, 0.3) is 5.91 Å². The maximum Gasteiger partial charge on any atom is 0.325 e. The normalized spacial score (nSPS) is 25.9.